The zero-order valence-corrected chi connectivity index (χ0v) is 12.0. The van der Waals surface area contributed by atoms with E-state index in [1.807, 2.05) is 12.1 Å². The Hall–Kier alpha value is -1.02. The van der Waals surface area contributed by atoms with E-state index in [-0.39, 0.29) is 0 Å². The van der Waals surface area contributed by atoms with Crippen LogP contribution in [-0.2, 0) is 0 Å². The van der Waals surface area contributed by atoms with Gasteiger partial charge in [0.2, 0.25) is 0 Å². The molecule has 0 fully saturated rings. The maximum atomic E-state index is 5.72. The van der Waals surface area contributed by atoms with E-state index < -0.39 is 0 Å². The van der Waals surface area contributed by atoms with E-state index in [9.17, 15) is 0 Å². The molecule has 0 heterocycles. The molecule has 18 heavy (non-hydrogen) atoms. The lowest BCUT2D eigenvalue weighted by Crippen LogP contribution is -2.32. The van der Waals surface area contributed by atoms with E-state index in [4.69, 9.17) is 4.74 Å². The molecule has 2 nitrogen and oxygen atoms in total. The number of benzene rings is 1. The summed E-state index contributed by atoms with van der Waals surface area (Å²) < 4.78 is 5.72. The van der Waals surface area contributed by atoms with E-state index in [0.29, 0.717) is 6.04 Å². The molecule has 0 radical (unpaired) electrons. The zero-order chi connectivity index (χ0) is 13.2. The number of ether oxygens (including phenoxy) is 1. The number of unbranched alkanes of at least 4 members (excludes halogenated alkanes) is 1. The van der Waals surface area contributed by atoms with Gasteiger partial charge in [-0.2, -0.15) is 0 Å². The Morgan fingerprint density at radius 1 is 1.28 bits per heavy atom. The fraction of sp³-hybridized carbons (Fsp3) is 0.625. The third-order valence-electron chi connectivity index (χ3n) is 3.19. The number of nitrogens with one attached hydrogen (secondary N) is 1. The van der Waals surface area contributed by atoms with Gasteiger partial charge in [0.25, 0.3) is 0 Å². The molecular weight excluding hydrogens is 222 g/mol. The van der Waals surface area contributed by atoms with Crippen molar-refractivity contribution in [2.45, 2.75) is 52.5 Å². The van der Waals surface area contributed by atoms with E-state index in [0.717, 1.165) is 18.9 Å². The number of aryl methyl sites for hydroxylation is 1. The summed E-state index contributed by atoms with van der Waals surface area (Å²) in [5.41, 5.74) is 1.25. The molecule has 0 aromatic heterocycles. The standard InChI is InChI=1S/C16H27NO/c1-4-6-9-15(5-2)17-11-12-18-16-10-7-8-14(3)13-16/h7-8,10,13,15,17H,4-6,9,11-12H2,1-3H3. The quantitative estimate of drug-likeness (QED) is 0.669. The summed E-state index contributed by atoms with van der Waals surface area (Å²) in [5.74, 6) is 0.971. The van der Waals surface area contributed by atoms with Crippen LogP contribution in [-0.4, -0.2) is 19.2 Å². The summed E-state index contributed by atoms with van der Waals surface area (Å²) >= 11 is 0. The van der Waals surface area contributed by atoms with Crippen molar-refractivity contribution in [3.05, 3.63) is 29.8 Å². The first-order chi connectivity index (χ1) is 8.76. The second-order valence-corrected chi connectivity index (χ2v) is 4.87. The average Bonchev–Trinajstić information content (AvgIpc) is 2.38. The van der Waals surface area contributed by atoms with Gasteiger partial charge in [-0.25, -0.2) is 0 Å². The Labute approximate surface area is 112 Å². The monoisotopic (exact) mass is 249 g/mol. The Balaban J connectivity index is 2.17. The predicted octanol–water partition coefficient (Wildman–Crippen LogP) is 3.93. The van der Waals surface area contributed by atoms with E-state index in [2.05, 4.69) is 38.2 Å². The Bertz CT molecular complexity index is 325. The van der Waals surface area contributed by atoms with Crippen LogP contribution in [0.3, 0.4) is 0 Å². The third-order valence-corrected chi connectivity index (χ3v) is 3.19. The van der Waals surface area contributed by atoms with Gasteiger partial charge in [0.1, 0.15) is 12.4 Å². The molecule has 2 heteroatoms. The smallest absolute Gasteiger partial charge is 0.119 e. The van der Waals surface area contributed by atoms with Gasteiger partial charge in [-0.3, -0.25) is 0 Å². The zero-order valence-electron chi connectivity index (χ0n) is 12.0. The van der Waals surface area contributed by atoms with Gasteiger partial charge in [0.05, 0.1) is 0 Å². The summed E-state index contributed by atoms with van der Waals surface area (Å²) in [6, 6.07) is 8.86. The molecule has 0 spiro atoms. The molecule has 0 aliphatic rings. The molecule has 1 unspecified atom stereocenters. The van der Waals surface area contributed by atoms with Crippen LogP contribution < -0.4 is 10.1 Å². The lowest BCUT2D eigenvalue weighted by atomic mass is 10.1. The highest BCUT2D eigenvalue weighted by atomic mass is 16.5. The maximum absolute atomic E-state index is 5.72. The van der Waals surface area contributed by atoms with Crippen molar-refractivity contribution in [2.24, 2.45) is 0 Å². The summed E-state index contributed by atoms with van der Waals surface area (Å²) in [6.07, 6.45) is 5.06. The number of rotatable bonds is 9. The van der Waals surface area contributed by atoms with Gasteiger partial charge in [-0.1, -0.05) is 38.8 Å². The van der Waals surface area contributed by atoms with Gasteiger partial charge in [-0.05, 0) is 37.5 Å². The summed E-state index contributed by atoms with van der Waals surface area (Å²) in [7, 11) is 0. The lowest BCUT2D eigenvalue weighted by molar-refractivity contribution is 0.300. The molecule has 0 saturated carbocycles. The molecule has 0 saturated heterocycles. The van der Waals surface area contributed by atoms with Crippen molar-refractivity contribution >= 4 is 0 Å². The van der Waals surface area contributed by atoms with Crippen molar-refractivity contribution in [3.8, 4) is 5.75 Å². The Morgan fingerprint density at radius 3 is 2.78 bits per heavy atom. The molecule has 0 aliphatic heterocycles. The van der Waals surface area contributed by atoms with E-state index >= 15 is 0 Å². The first kappa shape index (κ1) is 15.0. The van der Waals surface area contributed by atoms with Crippen molar-refractivity contribution in [2.75, 3.05) is 13.2 Å². The van der Waals surface area contributed by atoms with Gasteiger partial charge in [0.15, 0.2) is 0 Å². The van der Waals surface area contributed by atoms with Crippen LogP contribution in [0.2, 0.25) is 0 Å². The molecule has 1 N–H and O–H groups in total. The van der Waals surface area contributed by atoms with Crippen LogP contribution in [0.25, 0.3) is 0 Å². The molecule has 1 aromatic carbocycles. The minimum atomic E-state index is 0.644. The van der Waals surface area contributed by atoms with Gasteiger partial charge >= 0.3 is 0 Å². The number of hydrogen-bond acceptors (Lipinski definition) is 2. The van der Waals surface area contributed by atoms with E-state index in [1.165, 1.54) is 31.2 Å². The topological polar surface area (TPSA) is 21.3 Å². The van der Waals surface area contributed by atoms with Gasteiger partial charge in [0, 0.05) is 12.6 Å². The second kappa shape index (κ2) is 8.98. The van der Waals surface area contributed by atoms with Crippen LogP contribution in [0.15, 0.2) is 24.3 Å². The molecule has 0 aliphatic carbocycles. The van der Waals surface area contributed by atoms with E-state index in [1.54, 1.807) is 0 Å². The average molecular weight is 249 g/mol. The lowest BCUT2D eigenvalue weighted by Gasteiger charge is -2.16. The minimum Gasteiger partial charge on any atom is -0.492 e. The van der Waals surface area contributed by atoms with Crippen molar-refractivity contribution in [3.63, 3.8) is 0 Å². The molecule has 0 bridgehead atoms. The highest BCUT2D eigenvalue weighted by Crippen LogP contribution is 2.11. The van der Waals surface area contributed by atoms with Crippen molar-refractivity contribution < 1.29 is 4.74 Å². The summed E-state index contributed by atoms with van der Waals surface area (Å²) in [4.78, 5) is 0. The minimum absolute atomic E-state index is 0.644. The SMILES string of the molecule is CCCCC(CC)NCCOc1cccc(C)c1. The van der Waals surface area contributed by atoms with Crippen molar-refractivity contribution in [1.29, 1.82) is 0 Å². The molecular formula is C16H27NO. The van der Waals surface area contributed by atoms with Gasteiger partial charge < -0.3 is 10.1 Å². The van der Waals surface area contributed by atoms with Crippen LogP contribution >= 0.6 is 0 Å². The van der Waals surface area contributed by atoms with Crippen LogP contribution in [0.1, 0.15) is 45.1 Å². The van der Waals surface area contributed by atoms with Gasteiger partial charge in [-0.15, -0.1) is 0 Å². The van der Waals surface area contributed by atoms with Crippen LogP contribution in [0.5, 0.6) is 5.75 Å². The third kappa shape index (κ3) is 6.06. The molecule has 102 valence electrons. The predicted molar refractivity (Wildman–Crippen MR) is 78.3 cm³/mol. The highest BCUT2D eigenvalue weighted by Gasteiger charge is 2.04. The van der Waals surface area contributed by atoms with Crippen LogP contribution in [0, 0.1) is 6.92 Å². The highest BCUT2D eigenvalue weighted by molar-refractivity contribution is 5.27. The number of hydrogen-bond donors (Lipinski definition) is 1. The summed E-state index contributed by atoms with van der Waals surface area (Å²) in [5, 5.41) is 3.56. The Kier molecular flexibility index (Phi) is 7.51. The first-order valence-electron chi connectivity index (χ1n) is 7.19. The molecule has 1 aromatic rings. The largest absolute Gasteiger partial charge is 0.492 e. The second-order valence-electron chi connectivity index (χ2n) is 4.87. The molecule has 0 amide bonds. The molecule has 1 atom stereocenters. The summed E-state index contributed by atoms with van der Waals surface area (Å²) in [6.45, 7) is 8.24. The van der Waals surface area contributed by atoms with Crippen LogP contribution in [0.4, 0.5) is 0 Å². The Morgan fingerprint density at radius 2 is 2.11 bits per heavy atom. The first-order valence-corrected chi connectivity index (χ1v) is 7.19. The fourth-order valence-electron chi connectivity index (χ4n) is 2.04. The normalized spacial score (nSPS) is 12.4. The molecule has 1 rings (SSSR count). The fourth-order valence-corrected chi connectivity index (χ4v) is 2.04. The maximum Gasteiger partial charge on any atom is 0.119 e. The van der Waals surface area contributed by atoms with Crippen molar-refractivity contribution in [1.82, 2.24) is 5.32 Å².